The summed E-state index contributed by atoms with van der Waals surface area (Å²) in [6.45, 7) is 11.8. The van der Waals surface area contributed by atoms with E-state index in [-0.39, 0.29) is 25.7 Å². The number of hydrogen-bond donors (Lipinski definition) is 3. The fourth-order valence-corrected chi connectivity index (χ4v) is 13.0. The minimum atomic E-state index is -4.96. The van der Waals surface area contributed by atoms with Gasteiger partial charge in [-0.3, -0.25) is 37.3 Å². The molecule has 0 fully saturated rings. The fraction of sp³-hybridized carbons (Fsp3) is 0.947. The normalized spacial score (nSPS) is 14.4. The first kappa shape index (κ1) is 92.1. The maximum Gasteiger partial charge on any atom is 0.472 e. The van der Waals surface area contributed by atoms with Crippen LogP contribution in [-0.2, 0) is 65.4 Å². The third-order valence-corrected chi connectivity index (χ3v) is 19.6. The van der Waals surface area contributed by atoms with E-state index in [4.69, 9.17) is 37.0 Å². The van der Waals surface area contributed by atoms with Crippen LogP contribution in [0, 0.1) is 17.8 Å². The lowest BCUT2D eigenvalue weighted by Crippen LogP contribution is -2.30. The Labute approximate surface area is 575 Å². The van der Waals surface area contributed by atoms with Crippen LogP contribution in [0.2, 0.25) is 0 Å². The van der Waals surface area contributed by atoms with Gasteiger partial charge in [-0.15, -0.1) is 0 Å². The topological polar surface area (TPSA) is 237 Å². The van der Waals surface area contributed by atoms with Crippen LogP contribution in [0.4, 0.5) is 0 Å². The Kier molecular flexibility index (Phi) is 64.3. The zero-order valence-corrected chi connectivity index (χ0v) is 63.2. The van der Waals surface area contributed by atoms with E-state index in [1.165, 1.54) is 186 Å². The second-order valence-corrected chi connectivity index (χ2v) is 31.1. The number of rotatable bonds is 73. The summed E-state index contributed by atoms with van der Waals surface area (Å²) in [7, 11) is -9.91. The molecule has 94 heavy (non-hydrogen) atoms. The van der Waals surface area contributed by atoms with Gasteiger partial charge in [-0.25, -0.2) is 9.13 Å². The van der Waals surface area contributed by atoms with Crippen molar-refractivity contribution >= 4 is 39.5 Å². The highest BCUT2D eigenvalue weighted by molar-refractivity contribution is 7.47. The molecular weight excluding hydrogens is 1230 g/mol. The van der Waals surface area contributed by atoms with E-state index in [0.29, 0.717) is 37.5 Å². The lowest BCUT2D eigenvalue weighted by atomic mass is 9.99. The Morgan fingerprint density at radius 1 is 0.309 bits per heavy atom. The number of aliphatic hydroxyl groups excluding tert-OH is 1. The van der Waals surface area contributed by atoms with Gasteiger partial charge in [0.1, 0.15) is 19.3 Å². The Hall–Kier alpha value is -1.94. The predicted molar refractivity (Wildman–Crippen MR) is 381 cm³/mol. The average Bonchev–Trinajstić information content (AvgIpc) is 1.27. The van der Waals surface area contributed by atoms with Gasteiger partial charge in [-0.1, -0.05) is 331 Å². The highest BCUT2D eigenvalue weighted by Crippen LogP contribution is 2.45. The molecule has 0 bridgehead atoms. The smallest absolute Gasteiger partial charge is 0.462 e. The summed E-state index contributed by atoms with van der Waals surface area (Å²) in [4.78, 5) is 72.7. The van der Waals surface area contributed by atoms with Gasteiger partial charge in [-0.05, 0) is 43.4 Å². The molecule has 0 saturated carbocycles. The third kappa shape index (κ3) is 67.3. The molecule has 0 rings (SSSR count). The maximum atomic E-state index is 13.1. The van der Waals surface area contributed by atoms with Crippen molar-refractivity contribution in [1.82, 2.24) is 0 Å². The summed E-state index contributed by atoms with van der Waals surface area (Å²) in [5, 5.41) is 10.6. The maximum absolute atomic E-state index is 13.1. The van der Waals surface area contributed by atoms with Crippen molar-refractivity contribution in [2.45, 2.75) is 401 Å². The van der Waals surface area contributed by atoms with Crippen molar-refractivity contribution < 1.29 is 80.2 Å². The number of esters is 4. The zero-order valence-electron chi connectivity index (χ0n) is 61.4. The van der Waals surface area contributed by atoms with Gasteiger partial charge in [0.05, 0.1) is 26.4 Å². The monoisotopic (exact) mass is 1380 g/mol. The highest BCUT2D eigenvalue weighted by atomic mass is 31.2. The van der Waals surface area contributed by atoms with Crippen molar-refractivity contribution in [2.75, 3.05) is 39.6 Å². The average molecular weight is 1380 g/mol. The van der Waals surface area contributed by atoms with E-state index in [1.54, 1.807) is 0 Å². The minimum absolute atomic E-state index is 0.102. The first-order valence-corrected chi connectivity index (χ1v) is 41.9. The Bertz CT molecular complexity index is 1840. The quantitative estimate of drug-likeness (QED) is 0.0222. The lowest BCUT2D eigenvalue weighted by Gasteiger charge is -2.21. The van der Waals surface area contributed by atoms with Crippen molar-refractivity contribution in [1.29, 1.82) is 0 Å². The van der Waals surface area contributed by atoms with E-state index in [0.717, 1.165) is 102 Å². The summed E-state index contributed by atoms with van der Waals surface area (Å²) in [5.41, 5.74) is 0. The van der Waals surface area contributed by atoms with Crippen LogP contribution in [0.15, 0.2) is 0 Å². The fourth-order valence-electron chi connectivity index (χ4n) is 11.4. The molecule has 17 nitrogen and oxygen atoms in total. The van der Waals surface area contributed by atoms with Crippen LogP contribution in [0.1, 0.15) is 382 Å². The first-order chi connectivity index (χ1) is 45.3. The number of ether oxygens (including phenoxy) is 4. The van der Waals surface area contributed by atoms with Crippen LogP contribution in [0.3, 0.4) is 0 Å². The largest absolute Gasteiger partial charge is 0.472 e. The van der Waals surface area contributed by atoms with Crippen molar-refractivity contribution in [2.24, 2.45) is 17.8 Å². The van der Waals surface area contributed by atoms with Gasteiger partial charge in [0.25, 0.3) is 0 Å². The van der Waals surface area contributed by atoms with Crippen LogP contribution in [0.25, 0.3) is 0 Å². The molecule has 0 aromatic rings. The molecule has 0 aromatic heterocycles. The van der Waals surface area contributed by atoms with Gasteiger partial charge >= 0.3 is 39.5 Å². The van der Waals surface area contributed by atoms with Gasteiger partial charge in [-0.2, -0.15) is 0 Å². The van der Waals surface area contributed by atoms with E-state index in [9.17, 15) is 43.2 Å². The minimum Gasteiger partial charge on any atom is -0.462 e. The Morgan fingerprint density at radius 3 is 0.809 bits per heavy atom. The SMILES string of the molecule is CCCCCCCCCCCCCCCCCCCC(=O)OC[C@H](COP(=O)(O)OC[C@@H](O)COP(=O)(O)OC[C@@H](COC(=O)CCCCCCCCC(C)C)OC(=O)CCCCCCCCCC(C)C)OC(=O)CCCCCCCCCCCCCCCCC(C)CC. The number of phosphoric ester groups is 2. The number of aliphatic hydroxyl groups is 1. The lowest BCUT2D eigenvalue weighted by molar-refractivity contribution is -0.161. The number of carbonyl (C=O) groups is 4. The van der Waals surface area contributed by atoms with Crippen molar-refractivity contribution in [3.63, 3.8) is 0 Å². The van der Waals surface area contributed by atoms with Gasteiger partial charge in [0.15, 0.2) is 12.2 Å². The highest BCUT2D eigenvalue weighted by Gasteiger charge is 2.30. The molecule has 19 heteroatoms. The molecule has 0 heterocycles. The van der Waals surface area contributed by atoms with Gasteiger partial charge in [0.2, 0.25) is 0 Å². The summed E-state index contributed by atoms with van der Waals surface area (Å²) in [6.07, 6.45) is 51.6. The summed E-state index contributed by atoms with van der Waals surface area (Å²) in [6, 6.07) is 0. The van der Waals surface area contributed by atoms with Gasteiger partial charge < -0.3 is 33.8 Å². The second-order valence-electron chi connectivity index (χ2n) is 28.2. The van der Waals surface area contributed by atoms with Crippen LogP contribution in [-0.4, -0.2) is 96.7 Å². The molecular formula is C75H146O17P2. The van der Waals surface area contributed by atoms with E-state index < -0.39 is 97.5 Å². The molecule has 0 aliphatic rings. The molecule has 0 saturated heterocycles. The Balaban J connectivity index is 5.22. The molecule has 6 atom stereocenters. The third-order valence-electron chi connectivity index (χ3n) is 17.7. The molecule has 0 aromatic carbocycles. The van der Waals surface area contributed by atoms with E-state index >= 15 is 0 Å². The molecule has 0 radical (unpaired) electrons. The van der Waals surface area contributed by atoms with Crippen molar-refractivity contribution in [3.05, 3.63) is 0 Å². The molecule has 3 unspecified atom stereocenters. The molecule has 0 aliphatic carbocycles. The van der Waals surface area contributed by atoms with Crippen LogP contribution in [0.5, 0.6) is 0 Å². The van der Waals surface area contributed by atoms with Crippen LogP contribution < -0.4 is 0 Å². The van der Waals surface area contributed by atoms with Gasteiger partial charge in [0, 0.05) is 25.7 Å². The number of unbranched alkanes of at least 4 members (excludes halogenated alkanes) is 40. The standard InChI is InChI=1S/C75H146O17P2/c1-8-10-11-12-13-14-15-16-17-18-19-23-26-29-34-42-49-56-72(77)85-62-70(91-74(79)58-51-44-35-30-27-24-21-20-22-25-28-33-41-48-55-68(7)9-2)64-89-93(81,82)87-60-69(76)61-88-94(83,84)90-65-71(63-86-73(78)57-50-43-38-37-40-47-54-67(5)6)92-75(80)59-52-45-36-31-32-39-46-53-66(3)4/h66-71,76H,8-65H2,1-7H3,(H,81,82)(H,83,84)/t68?,69-,70-,71-/m1/s1. The van der Waals surface area contributed by atoms with E-state index in [1.807, 2.05) is 0 Å². The molecule has 0 aliphatic heterocycles. The summed E-state index contributed by atoms with van der Waals surface area (Å²) in [5.74, 6) is 0.0973. The first-order valence-electron chi connectivity index (χ1n) is 38.9. The second kappa shape index (κ2) is 65.7. The number of carbonyl (C=O) groups excluding carboxylic acids is 4. The number of phosphoric acid groups is 2. The molecule has 558 valence electrons. The number of hydrogen-bond acceptors (Lipinski definition) is 15. The molecule has 0 amide bonds. The van der Waals surface area contributed by atoms with E-state index in [2.05, 4.69) is 48.5 Å². The summed E-state index contributed by atoms with van der Waals surface area (Å²) < 4.78 is 68.4. The van der Waals surface area contributed by atoms with Crippen LogP contribution >= 0.6 is 15.6 Å². The molecule has 3 N–H and O–H groups in total. The summed E-state index contributed by atoms with van der Waals surface area (Å²) >= 11 is 0. The predicted octanol–water partition coefficient (Wildman–Crippen LogP) is 21.8. The van der Waals surface area contributed by atoms with Crippen molar-refractivity contribution in [3.8, 4) is 0 Å². The Morgan fingerprint density at radius 2 is 0.543 bits per heavy atom. The molecule has 0 spiro atoms. The zero-order chi connectivity index (χ0) is 69.4.